The highest BCUT2D eigenvalue weighted by molar-refractivity contribution is 6.07. The monoisotopic (exact) mass is 246 g/mol. The predicted molar refractivity (Wildman–Crippen MR) is 63.1 cm³/mol. The van der Waals surface area contributed by atoms with E-state index in [-0.39, 0.29) is 12.5 Å². The number of phenolic OH excluding ortho intramolecular Hbond substituents is 1. The minimum Gasteiger partial charge on any atom is -0.507 e. The lowest BCUT2D eigenvalue weighted by Crippen LogP contribution is -2.01. The van der Waals surface area contributed by atoms with E-state index in [2.05, 4.69) is 0 Å². The van der Waals surface area contributed by atoms with Crippen LogP contribution >= 0.6 is 0 Å². The molecular formula is C13H10O5. The Balaban J connectivity index is 2.33. The molecule has 1 aliphatic rings. The van der Waals surface area contributed by atoms with Gasteiger partial charge in [0.05, 0.1) is 12.7 Å². The van der Waals surface area contributed by atoms with Gasteiger partial charge in [-0.2, -0.15) is 0 Å². The molecule has 1 aliphatic heterocycles. The van der Waals surface area contributed by atoms with Crippen molar-refractivity contribution < 1.29 is 24.1 Å². The predicted octanol–water partition coefficient (Wildman–Crippen LogP) is 2.06. The second kappa shape index (κ2) is 3.80. The third kappa shape index (κ3) is 1.44. The molecule has 0 radical (unpaired) electrons. The van der Waals surface area contributed by atoms with E-state index in [1.807, 2.05) is 0 Å². The number of methoxy groups -OCH3 is 1. The summed E-state index contributed by atoms with van der Waals surface area (Å²) in [6, 6.07) is 6.30. The average Bonchev–Trinajstić information content (AvgIpc) is 2.84. The van der Waals surface area contributed by atoms with Crippen molar-refractivity contribution in [1.29, 1.82) is 0 Å². The second-order valence-corrected chi connectivity index (χ2v) is 3.87. The molecule has 2 aromatic carbocycles. The third-order valence-electron chi connectivity index (χ3n) is 2.89. The molecule has 0 saturated heterocycles. The molecule has 0 aromatic heterocycles. The third-order valence-corrected chi connectivity index (χ3v) is 2.89. The van der Waals surface area contributed by atoms with Gasteiger partial charge in [-0.25, -0.2) is 4.79 Å². The van der Waals surface area contributed by atoms with Crippen LogP contribution in [0.15, 0.2) is 24.3 Å². The summed E-state index contributed by atoms with van der Waals surface area (Å²) in [4.78, 5) is 11.7. The van der Waals surface area contributed by atoms with Crippen molar-refractivity contribution in [3.8, 4) is 17.2 Å². The van der Waals surface area contributed by atoms with Crippen LogP contribution in [-0.2, 0) is 4.74 Å². The molecule has 0 atom stereocenters. The zero-order valence-electron chi connectivity index (χ0n) is 9.60. The van der Waals surface area contributed by atoms with Gasteiger partial charge in [-0.15, -0.1) is 0 Å². The fourth-order valence-corrected chi connectivity index (χ4v) is 2.01. The van der Waals surface area contributed by atoms with E-state index in [4.69, 9.17) is 14.2 Å². The quantitative estimate of drug-likeness (QED) is 0.780. The summed E-state index contributed by atoms with van der Waals surface area (Å²) in [7, 11) is 1.31. The van der Waals surface area contributed by atoms with Crippen molar-refractivity contribution in [3.63, 3.8) is 0 Å². The molecule has 0 bridgehead atoms. The molecule has 1 N–H and O–H groups in total. The van der Waals surface area contributed by atoms with Gasteiger partial charge in [0.25, 0.3) is 0 Å². The standard InChI is InChI=1S/C13H10O5/c1-16-13(15)7-2-3-10(14)9-5-12-11(4-8(7)9)17-6-18-12/h2-5,14H,6H2,1H3. The highest BCUT2D eigenvalue weighted by atomic mass is 16.7. The number of aromatic hydroxyl groups is 1. The molecule has 0 aliphatic carbocycles. The Kier molecular flexibility index (Phi) is 2.26. The molecule has 3 rings (SSSR count). The van der Waals surface area contributed by atoms with Crippen molar-refractivity contribution in [3.05, 3.63) is 29.8 Å². The van der Waals surface area contributed by atoms with E-state index < -0.39 is 5.97 Å². The summed E-state index contributed by atoms with van der Waals surface area (Å²) in [6.45, 7) is 0.139. The molecule has 5 heteroatoms. The van der Waals surface area contributed by atoms with E-state index in [0.29, 0.717) is 27.8 Å². The molecule has 0 fully saturated rings. The van der Waals surface area contributed by atoms with Gasteiger partial charge in [0, 0.05) is 10.8 Å². The molecule has 5 nitrogen and oxygen atoms in total. The maximum atomic E-state index is 11.7. The Bertz CT molecular complexity index is 647. The second-order valence-electron chi connectivity index (χ2n) is 3.87. The summed E-state index contributed by atoms with van der Waals surface area (Å²) >= 11 is 0. The van der Waals surface area contributed by atoms with Crippen LogP contribution in [0.2, 0.25) is 0 Å². The first-order chi connectivity index (χ1) is 8.70. The largest absolute Gasteiger partial charge is 0.507 e. The SMILES string of the molecule is COC(=O)c1ccc(O)c2cc3c(cc12)OCO3. The van der Waals surface area contributed by atoms with Crippen LogP contribution in [0.4, 0.5) is 0 Å². The van der Waals surface area contributed by atoms with Crippen molar-refractivity contribution in [2.45, 2.75) is 0 Å². The Morgan fingerprint density at radius 2 is 1.89 bits per heavy atom. The molecule has 0 spiro atoms. The Morgan fingerprint density at radius 3 is 2.56 bits per heavy atom. The van der Waals surface area contributed by atoms with Crippen molar-refractivity contribution >= 4 is 16.7 Å². The van der Waals surface area contributed by atoms with Crippen LogP contribution in [0.5, 0.6) is 17.2 Å². The van der Waals surface area contributed by atoms with Gasteiger partial charge in [-0.1, -0.05) is 0 Å². The Morgan fingerprint density at radius 1 is 1.22 bits per heavy atom. The zero-order chi connectivity index (χ0) is 12.7. The number of ether oxygens (including phenoxy) is 3. The lowest BCUT2D eigenvalue weighted by molar-refractivity contribution is 0.0603. The molecular weight excluding hydrogens is 236 g/mol. The number of hydrogen-bond donors (Lipinski definition) is 1. The molecule has 2 aromatic rings. The van der Waals surface area contributed by atoms with Crippen LogP contribution in [-0.4, -0.2) is 25.0 Å². The van der Waals surface area contributed by atoms with Gasteiger partial charge >= 0.3 is 5.97 Å². The van der Waals surface area contributed by atoms with Crippen molar-refractivity contribution in [2.75, 3.05) is 13.9 Å². The van der Waals surface area contributed by atoms with Gasteiger partial charge in [0.1, 0.15) is 5.75 Å². The molecule has 92 valence electrons. The highest BCUT2D eigenvalue weighted by Crippen LogP contribution is 2.40. The fourth-order valence-electron chi connectivity index (χ4n) is 2.01. The van der Waals surface area contributed by atoms with Crippen molar-refractivity contribution in [2.24, 2.45) is 0 Å². The number of benzene rings is 2. The van der Waals surface area contributed by atoms with Crippen LogP contribution in [0.25, 0.3) is 10.8 Å². The fraction of sp³-hybridized carbons (Fsp3) is 0.154. The Hall–Kier alpha value is -2.43. The first-order valence-electron chi connectivity index (χ1n) is 5.34. The maximum absolute atomic E-state index is 11.7. The van der Waals surface area contributed by atoms with E-state index in [9.17, 15) is 9.90 Å². The van der Waals surface area contributed by atoms with Crippen LogP contribution in [0.1, 0.15) is 10.4 Å². The van der Waals surface area contributed by atoms with Gasteiger partial charge < -0.3 is 19.3 Å². The minimum absolute atomic E-state index is 0.0796. The molecule has 18 heavy (non-hydrogen) atoms. The normalized spacial score (nSPS) is 12.7. The summed E-state index contributed by atoms with van der Waals surface area (Å²) < 4.78 is 15.2. The summed E-state index contributed by atoms with van der Waals surface area (Å²) in [5.74, 6) is 0.730. The van der Waals surface area contributed by atoms with E-state index in [0.717, 1.165) is 0 Å². The van der Waals surface area contributed by atoms with Crippen LogP contribution < -0.4 is 9.47 Å². The summed E-state index contributed by atoms with van der Waals surface area (Å²) in [5, 5.41) is 10.9. The number of hydrogen-bond acceptors (Lipinski definition) is 5. The molecule has 0 amide bonds. The maximum Gasteiger partial charge on any atom is 0.338 e. The zero-order valence-corrected chi connectivity index (χ0v) is 9.60. The van der Waals surface area contributed by atoms with Crippen LogP contribution in [0, 0.1) is 0 Å². The van der Waals surface area contributed by atoms with E-state index in [1.165, 1.54) is 19.2 Å². The first kappa shape index (κ1) is 10.7. The smallest absolute Gasteiger partial charge is 0.338 e. The lowest BCUT2D eigenvalue weighted by atomic mass is 10.0. The average molecular weight is 246 g/mol. The molecule has 0 saturated carbocycles. The number of carbonyl (C=O) groups is 1. The van der Waals surface area contributed by atoms with Gasteiger partial charge in [0.2, 0.25) is 6.79 Å². The van der Waals surface area contributed by atoms with Crippen molar-refractivity contribution in [1.82, 2.24) is 0 Å². The highest BCUT2D eigenvalue weighted by Gasteiger charge is 2.19. The Labute approximate surface area is 102 Å². The number of rotatable bonds is 1. The van der Waals surface area contributed by atoms with Crippen LogP contribution in [0.3, 0.4) is 0 Å². The molecule has 0 unspecified atom stereocenters. The number of carbonyl (C=O) groups excluding carboxylic acids is 1. The number of fused-ring (bicyclic) bond motifs is 2. The molecule has 1 heterocycles. The minimum atomic E-state index is -0.459. The number of esters is 1. The lowest BCUT2D eigenvalue weighted by Gasteiger charge is -2.07. The van der Waals surface area contributed by atoms with E-state index >= 15 is 0 Å². The van der Waals surface area contributed by atoms with Gasteiger partial charge in [-0.3, -0.25) is 0 Å². The number of phenols is 1. The summed E-state index contributed by atoms with van der Waals surface area (Å²) in [5.41, 5.74) is 0.378. The van der Waals surface area contributed by atoms with Gasteiger partial charge in [0.15, 0.2) is 11.5 Å². The van der Waals surface area contributed by atoms with Gasteiger partial charge in [-0.05, 0) is 24.3 Å². The van der Waals surface area contributed by atoms with E-state index in [1.54, 1.807) is 12.1 Å². The first-order valence-corrected chi connectivity index (χ1v) is 5.34. The summed E-state index contributed by atoms with van der Waals surface area (Å²) in [6.07, 6.45) is 0. The topological polar surface area (TPSA) is 65.0 Å².